The van der Waals surface area contributed by atoms with Gasteiger partial charge in [0, 0.05) is 23.9 Å². The van der Waals surface area contributed by atoms with Crippen molar-refractivity contribution in [3.63, 3.8) is 0 Å². The summed E-state index contributed by atoms with van der Waals surface area (Å²) in [6, 6.07) is 17.5. The molecule has 4 aromatic rings. The van der Waals surface area contributed by atoms with Gasteiger partial charge in [0.05, 0.1) is 22.5 Å². The van der Waals surface area contributed by atoms with E-state index in [0.29, 0.717) is 25.3 Å². The van der Waals surface area contributed by atoms with Crippen LogP contribution >= 0.6 is 0 Å². The van der Waals surface area contributed by atoms with E-state index in [1.807, 2.05) is 36.4 Å². The summed E-state index contributed by atoms with van der Waals surface area (Å²) < 4.78 is 29.2. The third kappa shape index (κ3) is 4.14. The van der Waals surface area contributed by atoms with Crippen LogP contribution in [-0.2, 0) is 16.4 Å². The third-order valence-corrected chi connectivity index (χ3v) is 6.83. The van der Waals surface area contributed by atoms with Crippen LogP contribution in [0.2, 0.25) is 0 Å². The Balaban J connectivity index is 1.43. The summed E-state index contributed by atoms with van der Waals surface area (Å²) in [5.74, 6) is 0.529. The number of nitrogens with one attached hydrogen (secondary N) is 2. The van der Waals surface area contributed by atoms with Crippen molar-refractivity contribution in [1.29, 1.82) is 0 Å². The number of hydrogen-bond acceptors (Lipinski definition) is 5. The first-order valence-electron chi connectivity index (χ1n) is 10.4. The first-order chi connectivity index (χ1) is 15.8. The predicted molar refractivity (Wildman–Crippen MR) is 124 cm³/mol. The van der Waals surface area contributed by atoms with Crippen LogP contribution in [0, 0.1) is 0 Å². The third-order valence-electron chi connectivity index (χ3n) is 5.71. The minimum Gasteiger partial charge on any atom is -0.491 e. The summed E-state index contributed by atoms with van der Waals surface area (Å²) in [7, 11) is -3.33. The van der Waals surface area contributed by atoms with Gasteiger partial charge in [0.25, 0.3) is 5.91 Å². The van der Waals surface area contributed by atoms with Crippen LogP contribution in [0.15, 0.2) is 70.4 Å². The number of carbonyl (C=O) groups excluding carboxylic acids is 1. The highest BCUT2D eigenvalue weighted by Crippen LogP contribution is 2.30. The van der Waals surface area contributed by atoms with Gasteiger partial charge in [-0.2, -0.15) is 0 Å². The molecule has 1 aromatic heterocycles. The summed E-state index contributed by atoms with van der Waals surface area (Å²) in [5, 5.41) is 0. The number of aromatic amines is 2. The smallest absolute Gasteiger partial charge is 0.323 e. The molecule has 0 atom stereocenters. The van der Waals surface area contributed by atoms with Crippen molar-refractivity contribution >= 4 is 26.8 Å². The number of hydrogen-bond donors (Lipinski definition) is 2. The van der Waals surface area contributed by atoms with E-state index in [-0.39, 0.29) is 16.5 Å². The molecule has 8 nitrogen and oxygen atoms in total. The number of benzene rings is 3. The van der Waals surface area contributed by atoms with E-state index in [1.54, 1.807) is 4.90 Å². The lowest BCUT2D eigenvalue weighted by Crippen LogP contribution is -2.32. The zero-order valence-electron chi connectivity index (χ0n) is 17.8. The van der Waals surface area contributed by atoms with Gasteiger partial charge in [-0.1, -0.05) is 12.1 Å². The summed E-state index contributed by atoms with van der Waals surface area (Å²) in [6.45, 7) is 1.13. The Hall–Kier alpha value is -3.85. The molecule has 9 heteroatoms. The number of H-pyrrole nitrogens is 2. The lowest BCUT2D eigenvalue weighted by molar-refractivity contribution is 0.0733. The van der Waals surface area contributed by atoms with Gasteiger partial charge in [0.15, 0.2) is 9.84 Å². The summed E-state index contributed by atoms with van der Waals surface area (Å²) in [6.07, 6.45) is 1.13. The van der Waals surface area contributed by atoms with Crippen LogP contribution in [0.5, 0.6) is 5.75 Å². The van der Waals surface area contributed by atoms with E-state index in [9.17, 15) is 18.0 Å². The topological polar surface area (TPSA) is 112 Å². The highest BCUT2D eigenvalue weighted by molar-refractivity contribution is 7.90. The van der Waals surface area contributed by atoms with Crippen molar-refractivity contribution < 1.29 is 17.9 Å². The van der Waals surface area contributed by atoms with Crippen LogP contribution in [0.25, 0.3) is 22.2 Å². The number of aromatic nitrogens is 2. The molecule has 1 aliphatic heterocycles. The van der Waals surface area contributed by atoms with E-state index < -0.39 is 9.84 Å². The molecular formula is C24H21N3O5S. The molecule has 0 radical (unpaired) electrons. The van der Waals surface area contributed by atoms with Crippen molar-refractivity contribution in [3.8, 4) is 16.9 Å². The molecule has 0 saturated carbocycles. The standard InChI is InChI=1S/C24H21N3O5S/c1-33(30,31)19-6-2-15(3-7-19)23(28)27-10-11-32-22-9-5-16(12-18(22)14-27)17-4-8-20-21(13-17)26-24(29)25-20/h2-9,12-13H,10-11,14H2,1H3,(H2,25,26,29). The number of sulfone groups is 1. The van der Waals surface area contributed by atoms with Gasteiger partial charge in [0.2, 0.25) is 0 Å². The van der Waals surface area contributed by atoms with Crippen LogP contribution in [-0.4, -0.2) is 48.6 Å². The average Bonchev–Trinajstić information content (AvgIpc) is 3.03. The summed E-state index contributed by atoms with van der Waals surface area (Å²) >= 11 is 0. The number of ether oxygens (including phenoxy) is 1. The first-order valence-corrected chi connectivity index (χ1v) is 12.2. The maximum absolute atomic E-state index is 13.1. The van der Waals surface area contributed by atoms with Crippen molar-refractivity contribution in [2.24, 2.45) is 0 Å². The van der Waals surface area contributed by atoms with Crippen LogP contribution in [0.3, 0.4) is 0 Å². The Kier molecular flexibility index (Phi) is 5.05. The molecule has 0 aliphatic carbocycles. The second kappa shape index (κ2) is 7.93. The minimum absolute atomic E-state index is 0.175. The van der Waals surface area contributed by atoms with Gasteiger partial charge in [-0.05, 0) is 59.7 Å². The largest absolute Gasteiger partial charge is 0.491 e. The Bertz CT molecular complexity index is 1530. The predicted octanol–water partition coefficient (Wildman–Crippen LogP) is 2.96. The number of amides is 1. The monoisotopic (exact) mass is 463 g/mol. The maximum Gasteiger partial charge on any atom is 0.323 e. The number of imidazole rings is 1. The van der Waals surface area contributed by atoms with Crippen LogP contribution in [0.1, 0.15) is 15.9 Å². The zero-order chi connectivity index (χ0) is 23.2. The Morgan fingerprint density at radius 1 is 0.939 bits per heavy atom. The molecular weight excluding hydrogens is 442 g/mol. The zero-order valence-corrected chi connectivity index (χ0v) is 18.6. The van der Waals surface area contributed by atoms with Crippen molar-refractivity contribution in [2.45, 2.75) is 11.4 Å². The van der Waals surface area contributed by atoms with Crippen molar-refractivity contribution in [2.75, 3.05) is 19.4 Å². The first kappa shape index (κ1) is 21.0. The second-order valence-electron chi connectivity index (χ2n) is 8.03. The highest BCUT2D eigenvalue weighted by atomic mass is 32.2. The highest BCUT2D eigenvalue weighted by Gasteiger charge is 2.22. The maximum atomic E-state index is 13.1. The molecule has 3 aromatic carbocycles. The van der Waals surface area contributed by atoms with Gasteiger partial charge in [0.1, 0.15) is 12.4 Å². The molecule has 0 unspecified atom stereocenters. The molecule has 168 valence electrons. The molecule has 0 fully saturated rings. The normalized spacial score (nSPS) is 13.9. The lowest BCUT2D eigenvalue weighted by Gasteiger charge is -2.20. The molecule has 0 bridgehead atoms. The van der Waals surface area contributed by atoms with E-state index in [2.05, 4.69) is 9.97 Å². The Morgan fingerprint density at radius 3 is 2.39 bits per heavy atom. The summed E-state index contributed by atoms with van der Waals surface area (Å²) in [5.41, 5.74) is 4.36. The van der Waals surface area contributed by atoms with Gasteiger partial charge in [-0.25, -0.2) is 13.2 Å². The number of fused-ring (bicyclic) bond motifs is 2. The number of rotatable bonds is 3. The molecule has 1 aliphatic rings. The number of nitrogens with zero attached hydrogens (tertiary/aromatic N) is 1. The van der Waals surface area contributed by atoms with Gasteiger partial charge in [-0.3, -0.25) is 4.79 Å². The van der Waals surface area contributed by atoms with Crippen molar-refractivity contribution in [1.82, 2.24) is 14.9 Å². The van der Waals surface area contributed by atoms with E-state index in [1.165, 1.54) is 24.3 Å². The molecule has 2 N–H and O–H groups in total. The Labute approximate surface area is 189 Å². The molecule has 33 heavy (non-hydrogen) atoms. The van der Waals surface area contributed by atoms with Crippen LogP contribution < -0.4 is 10.4 Å². The van der Waals surface area contributed by atoms with E-state index in [4.69, 9.17) is 4.74 Å². The molecule has 0 saturated heterocycles. The summed E-state index contributed by atoms with van der Waals surface area (Å²) in [4.78, 5) is 32.0. The molecule has 2 heterocycles. The fraction of sp³-hybridized carbons (Fsp3) is 0.167. The fourth-order valence-electron chi connectivity index (χ4n) is 3.99. The van der Waals surface area contributed by atoms with Gasteiger partial charge in [-0.15, -0.1) is 0 Å². The van der Waals surface area contributed by atoms with E-state index in [0.717, 1.165) is 39.7 Å². The minimum atomic E-state index is -3.33. The molecule has 0 spiro atoms. The SMILES string of the molecule is CS(=O)(=O)c1ccc(C(=O)N2CCOc3ccc(-c4ccc5[nH]c(=O)[nH]c5c4)cc3C2)cc1. The Morgan fingerprint density at radius 2 is 1.64 bits per heavy atom. The lowest BCUT2D eigenvalue weighted by atomic mass is 10.0. The number of carbonyl (C=O) groups is 1. The second-order valence-corrected chi connectivity index (χ2v) is 10.0. The molecule has 1 amide bonds. The fourth-order valence-corrected chi connectivity index (χ4v) is 4.62. The average molecular weight is 464 g/mol. The van der Waals surface area contributed by atoms with Gasteiger partial charge >= 0.3 is 5.69 Å². The molecule has 5 rings (SSSR count). The van der Waals surface area contributed by atoms with Gasteiger partial charge < -0.3 is 19.6 Å². The van der Waals surface area contributed by atoms with E-state index >= 15 is 0 Å². The van der Waals surface area contributed by atoms with Crippen LogP contribution in [0.4, 0.5) is 0 Å². The van der Waals surface area contributed by atoms with Crippen molar-refractivity contribution in [3.05, 3.63) is 82.3 Å². The quantitative estimate of drug-likeness (QED) is 0.485.